The normalized spacial score (nSPS) is 24.8. The van der Waals surface area contributed by atoms with E-state index in [2.05, 4.69) is 16.1 Å². The third-order valence-corrected chi connectivity index (χ3v) is 17.3. The van der Waals surface area contributed by atoms with Crippen molar-refractivity contribution in [2.24, 2.45) is 5.11 Å². The molecular weight excluding hydrogens is 1210 g/mol. The molecule has 21 nitrogen and oxygen atoms in total. The minimum Gasteiger partial charge on any atom is -0.378 e. The van der Waals surface area contributed by atoms with Gasteiger partial charge in [0.2, 0.25) is 6.29 Å². The number of nitrogens with zero attached hydrogens (tertiary/aromatic N) is 4. The highest BCUT2D eigenvalue weighted by Crippen LogP contribution is 2.53. The van der Waals surface area contributed by atoms with Crippen LogP contribution in [0.4, 0.5) is 0 Å². The van der Waals surface area contributed by atoms with Crippen LogP contribution in [-0.4, -0.2) is 120 Å². The number of hydrogen-bond acceptors (Lipinski definition) is 19. The molecule has 0 aromatic heterocycles. The number of azide groups is 1. The van der Waals surface area contributed by atoms with Crippen molar-refractivity contribution in [3.63, 3.8) is 0 Å². The van der Waals surface area contributed by atoms with Crippen LogP contribution in [0.1, 0.15) is 58.6 Å². The van der Waals surface area contributed by atoms with E-state index in [4.69, 9.17) is 75.2 Å². The lowest BCUT2D eigenvalue weighted by Gasteiger charge is -2.48. The second-order valence-electron chi connectivity index (χ2n) is 22.3. The van der Waals surface area contributed by atoms with Crippen molar-refractivity contribution in [2.75, 3.05) is 34.0 Å². The first-order valence-electron chi connectivity index (χ1n) is 31.0. The van der Waals surface area contributed by atoms with Gasteiger partial charge in [-0.3, -0.25) is 13.6 Å². The fraction of sp³-hybridized carbons (Fsp3) is 0.394. The molecular formula is C71H79N4O17P. The quantitative estimate of drug-likeness (QED) is 0.00896. The molecule has 0 N–H and O–H groups in total. The smallest absolute Gasteiger partial charge is 0.378 e. The Morgan fingerprint density at radius 1 is 0.559 bits per heavy atom. The van der Waals surface area contributed by atoms with Gasteiger partial charge in [0.05, 0.1) is 84.2 Å². The summed E-state index contributed by atoms with van der Waals surface area (Å²) in [5.41, 5.74) is 16.1. The summed E-state index contributed by atoms with van der Waals surface area (Å²) in [5, 5.41) is 14.2. The fourth-order valence-corrected chi connectivity index (χ4v) is 12.4. The molecule has 10 rings (SSSR count). The molecule has 490 valence electrons. The van der Waals surface area contributed by atoms with Gasteiger partial charge in [-0.15, -0.1) is 0 Å². The number of methoxy groups -OCH3 is 2. The van der Waals surface area contributed by atoms with E-state index < -0.39 is 113 Å². The van der Waals surface area contributed by atoms with Gasteiger partial charge in [-0.05, 0) is 45.8 Å². The second kappa shape index (κ2) is 36.0. The molecule has 0 spiro atoms. The zero-order valence-electron chi connectivity index (χ0n) is 52.1. The summed E-state index contributed by atoms with van der Waals surface area (Å²) >= 11 is 0. The maximum absolute atomic E-state index is 16.4. The Bertz CT molecular complexity index is 3410. The van der Waals surface area contributed by atoms with Gasteiger partial charge >= 0.3 is 7.82 Å². The molecule has 0 bridgehead atoms. The number of phosphoric ester groups is 1. The van der Waals surface area contributed by atoms with E-state index in [1.165, 1.54) is 14.2 Å². The summed E-state index contributed by atoms with van der Waals surface area (Å²) in [6.07, 6.45) is -16.0. The fourth-order valence-electron chi connectivity index (χ4n) is 11.1. The molecule has 0 radical (unpaired) electrons. The number of ether oxygens (including phenoxy) is 13. The highest BCUT2D eigenvalue weighted by Gasteiger charge is 2.54. The van der Waals surface area contributed by atoms with Crippen molar-refractivity contribution in [3.05, 3.63) is 262 Å². The number of benzene rings is 7. The largest absolute Gasteiger partial charge is 0.477 e. The lowest BCUT2D eigenvalue weighted by Crippen LogP contribution is -2.63. The van der Waals surface area contributed by atoms with Crippen molar-refractivity contribution in [1.82, 2.24) is 0 Å². The van der Waals surface area contributed by atoms with Crippen LogP contribution < -0.4 is 0 Å². The first kappa shape index (κ1) is 68.8. The van der Waals surface area contributed by atoms with E-state index in [0.29, 0.717) is 0 Å². The van der Waals surface area contributed by atoms with E-state index in [9.17, 15) is 10.8 Å². The Labute approximate surface area is 542 Å². The predicted octanol–water partition coefficient (Wildman–Crippen LogP) is 12.8. The SMILES string of the molecule is CO[C@@H]1O[C@H](COP(=O)(OCCC#N)OC(O[C@@H]2O[C@@H]3COC(c4ccccc4)O[C@@H]3[C@H](OC)[C@H]2N=[N+]=[N-])[C@@H](OCc2ccccc2)[C@@H](OCc2ccccc2)[C@H](C)OCc2ccccc2)[C@@H](OCc2ccccc2)[C@H](OCc2ccccc2)[C@H]1OCc1ccccc1. The van der Waals surface area contributed by atoms with Crippen molar-refractivity contribution in [3.8, 4) is 6.07 Å². The van der Waals surface area contributed by atoms with Crippen LogP contribution in [0.15, 0.2) is 217 Å². The number of hydrogen-bond donors (Lipinski definition) is 0. The van der Waals surface area contributed by atoms with Crippen LogP contribution >= 0.6 is 7.82 Å². The maximum Gasteiger partial charge on any atom is 0.477 e. The summed E-state index contributed by atoms with van der Waals surface area (Å²) in [5.74, 6) is 0. The Morgan fingerprint density at radius 3 is 1.53 bits per heavy atom. The first-order valence-corrected chi connectivity index (χ1v) is 32.4. The van der Waals surface area contributed by atoms with Crippen LogP contribution in [0.25, 0.3) is 10.4 Å². The van der Waals surface area contributed by atoms with Crippen LogP contribution in [-0.2, 0) is 119 Å². The Morgan fingerprint density at radius 2 is 1.03 bits per heavy atom. The standard InChI is InChI=1S/C71H79N4O17P/c1-50(79-42-51-26-11-4-12-27-51)61(80-43-52-28-13-5-14-29-52)66(83-46-55-34-19-8-20-35-55)71(91-69-60(74-75-73)64(77-2)63-58(88-69)48-85-68(90-63)57-38-23-10-24-39-57)92-93(76,86-41-25-40-72)87-49-59-62(81-44-53-30-15-6-16-31-53)65(82-45-54-32-17-7-18-33-54)67(70(78-3)89-59)84-47-56-36-21-9-22-37-56/h4-24,26-39,50,58-71H,25,41-49H2,1-3H3/t50-,58+,59+,60+,61-,62+,63-,64+,65-,66-,67+,68?,69-,70+,71?,93?/m0/s1. The monoisotopic (exact) mass is 1290 g/mol. The average Bonchev–Trinajstić information content (AvgIpc) is 1.31. The van der Waals surface area contributed by atoms with Crippen molar-refractivity contribution < 1.29 is 79.7 Å². The number of fused-ring (bicyclic) bond motifs is 1. The minimum absolute atomic E-state index is 0.0238. The lowest BCUT2D eigenvalue weighted by atomic mass is 9.96. The molecule has 3 fully saturated rings. The van der Waals surface area contributed by atoms with Crippen LogP contribution in [0.2, 0.25) is 0 Å². The molecule has 3 aliphatic heterocycles. The van der Waals surface area contributed by atoms with E-state index >= 15 is 4.57 Å². The molecule has 0 amide bonds. The Balaban J connectivity index is 1.05. The molecule has 3 unspecified atom stereocenters. The highest BCUT2D eigenvalue weighted by atomic mass is 31.2. The van der Waals surface area contributed by atoms with E-state index in [-0.39, 0.29) is 52.7 Å². The molecule has 3 aliphatic rings. The van der Waals surface area contributed by atoms with E-state index in [0.717, 1.165) is 38.9 Å². The molecule has 22 heteroatoms. The van der Waals surface area contributed by atoms with Crippen molar-refractivity contribution in [1.29, 1.82) is 5.26 Å². The molecule has 7 aromatic rings. The number of nitriles is 1. The zero-order chi connectivity index (χ0) is 64.5. The average molecular weight is 1290 g/mol. The molecule has 3 heterocycles. The molecule has 16 atom stereocenters. The lowest BCUT2D eigenvalue weighted by molar-refractivity contribution is -0.366. The number of phosphoric acid groups is 1. The minimum atomic E-state index is -5.15. The molecule has 3 saturated heterocycles. The summed E-state index contributed by atoms with van der Waals surface area (Å²) in [4.78, 5) is 3.25. The maximum atomic E-state index is 16.4. The highest BCUT2D eigenvalue weighted by molar-refractivity contribution is 7.48. The summed E-state index contributed by atoms with van der Waals surface area (Å²) in [6, 6.07) is 67.4. The molecule has 93 heavy (non-hydrogen) atoms. The Kier molecular flexibility index (Phi) is 26.6. The molecule has 0 saturated carbocycles. The summed E-state index contributed by atoms with van der Waals surface area (Å²) < 4.78 is 123. The van der Waals surface area contributed by atoms with Gasteiger partial charge in [0.25, 0.3) is 0 Å². The van der Waals surface area contributed by atoms with Gasteiger partial charge in [0, 0.05) is 24.7 Å². The Hall–Kier alpha value is -7.07. The van der Waals surface area contributed by atoms with Crippen LogP contribution in [0, 0.1) is 11.3 Å². The van der Waals surface area contributed by atoms with Gasteiger partial charge in [0.15, 0.2) is 18.9 Å². The van der Waals surface area contributed by atoms with Gasteiger partial charge in [-0.25, -0.2) is 4.57 Å². The van der Waals surface area contributed by atoms with Gasteiger partial charge in [-0.1, -0.05) is 217 Å². The first-order chi connectivity index (χ1) is 45.7. The number of rotatable bonds is 35. The topological polar surface area (TPSA) is 237 Å². The van der Waals surface area contributed by atoms with Gasteiger partial charge in [-0.2, -0.15) is 5.26 Å². The van der Waals surface area contributed by atoms with Crippen LogP contribution in [0.5, 0.6) is 0 Å². The van der Waals surface area contributed by atoms with Crippen molar-refractivity contribution >= 4 is 7.82 Å². The third kappa shape index (κ3) is 19.8. The van der Waals surface area contributed by atoms with Gasteiger partial charge in [0.1, 0.15) is 54.9 Å². The molecule has 0 aliphatic carbocycles. The summed E-state index contributed by atoms with van der Waals surface area (Å²) in [6.45, 7) is 1.23. The van der Waals surface area contributed by atoms with E-state index in [1.54, 1.807) is 0 Å². The van der Waals surface area contributed by atoms with Crippen LogP contribution in [0.3, 0.4) is 0 Å². The third-order valence-electron chi connectivity index (χ3n) is 15.9. The van der Waals surface area contributed by atoms with Crippen molar-refractivity contribution in [2.45, 2.75) is 145 Å². The second-order valence-corrected chi connectivity index (χ2v) is 23.9. The zero-order valence-corrected chi connectivity index (χ0v) is 53.0. The van der Waals surface area contributed by atoms with Gasteiger partial charge < -0.3 is 61.6 Å². The molecule has 7 aromatic carbocycles. The van der Waals surface area contributed by atoms with E-state index in [1.807, 2.05) is 219 Å². The summed E-state index contributed by atoms with van der Waals surface area (Å²) in [7, 11) is -2.21. The predicted molar refractivity (Wildman–Crippen MR) is 340 cm³/mol.